The van der Waals surface area contributed by atoms with Crippen LogP contribution in [0.3, 0.4) is 0 Å². The first-order chi connectivity index (χ1) is 10.7. The van der Waals surface area contributed by atoms with Crippen LogP contribution < -0.4 is 15.4 Å². The second kappa shape index (κ2) is 6.47. The average molecular weight is 297 g/mol. The van der Waals surface area contributed by atoms with E-state index in [1.54, 1.807) is 18.3 Å². The number of rotatable bonds is 5. The molecule has 1 fully saturated rings. The molecule has 0 atom stereocenters. The van der Waals surface area contributed by atoms with Gasteiger partial charge in [-0.2, -0.15) is 0 Å². The molecular weight excluding hydrogens is 278 g/mol. The topological polar surface area (TPSA) is 63.2 Å². The highest BCUT2D eigenvalue weighted by Gasteiger charge is 2.23. The molecule has 0 bridgehead atoms. The number of amides is 2. The van der Waals surface area contributed by atoms with Crippen molar-refractivity contribution in [1.82, 2.24) is 10.3 Å². The third-order valence-electron chi connectivity index (χ3n) is 3.44. The summed E-state index contributed by atoms with van der Waals surface area (Å²) in [6.07, 6.45) is 4.68. The van der Waals surface area contributed by atoms with Gasteiger partial charge in [0.05, 0.1) is 11.9 Å². The molecule has 1 aromatic heterocycles. The first kappa shape index (κ1) is 14.4. The van der Waals surface area contributed by atoms with Gasteiger partial charge in [-0.1, -0.05) is 19.1 Å². The Balaban J connectivity index is 1.59. The molecule has 1 aromatic carbocycles. The van der Waals surface area contributed by atoms with Gasteiger partial charge < -0.3 is 15.4 Å². The van der Waals surface area contributed by atoms with Gasteiger partial charge in [-0.05, 0) is 43.0 Å². The first-order valence-corrected chi connectivity index (χ1v) is 7.53. The van der Waals surface area contributed by atoms with E-state index in [1.165, 1.54) is 5.56 Å². The molecule has 5 nitrogen and oxygen atoms in total. The summed E-state index contributed by atoms with van der Waals surface area (Å²) < 4.78 is 5.72. The second-order valence-electron chi connectivity index (χ2n) is 5.36. The highest BCUT2D eigenvalue weighted by molar-refractivity contribution is 5.89. The number of carbonyl (C=O) groups is 1. The van der Waals surface area contributed by atoms with Crippen molar-refractivity contribution in [2.75, 3.05) is 5.32 Å². The molecule has 22 heavy (non-hydrogen) atoms. The Morgan fingerprint density at radius 1 is 1.32 bits per heavy atom. The monoisotopic (exact) mass is 297 g/mol. The van der Waals surface area contributed by atoms with Crippen molar-refractivity contribution in [3.05, 3.63) is 48.2 Å². The number of hydrogen-bond acceptors (Lipinski definition) is 3. The lowest BCUT2D eigenvalue weighted by Crippen LogP contribution is -2.30. The molecule has 2 amide bonds. The summed E-state index contributed by atoms with van der Waals surface area (Å²) in [4.78, 5) is 15.8. The molecule has 0 saturated heterocycles. The SMILES string of the molecule is CCc1cccc(Oc2ccc(NC(=O)NC3CC3)cn2)c1. The Morgan fingerprint density at radius 3 is 2.86 bits per heavy atom. The molecule has 1 heterocycles. The lowest BCUT2D eigenvalue weighted by atomic mass is 10.2. The van der Waals surface area contributed by atoms with Gasteiger partial charge in [0, 0.05) is 12.1 Å². The number of aryl methyl sites for hydroxylation is 1. The number of pyridine rings is 1. The number of urea groups is 1. The van der Waals surface area contributed by atoms with Gasteiger partial charge in [0.15, 0.2) is 0 Å². The van der Waals surface area contributed by atoms with Crippen molar-refractivity contribution in [2.24, 2.45) is 0 Å². The summed E-state index contributed by atoms with van der Waals surface area (Å²) >= 11 is 0. The number of hydrogen-bond donors (Lipinski definition) is 2. The van der Waals surface area contributed by atoms with Crippen LogP contribution in [0.15, 0.2) is 42.6 Å². The lowest BCUT2D eigenvalue weighted by Gasteiger charge is -2.08. The molecule has 1 aliphatic carbocycles. The Morgan fingerprint density at radius 2 is 2.18 bits per heavy atom. The fourth-order valence-corrected chi connectivity index (χ4v) is 2.04. The smallest absolute Gasteiger partial charge is 0.319 e. The number of carbonyl (C=O) groups excluding carboxylic acids is 1. The number of aromatic nitrogens is 1. The summed E-state index contributed by atoms with van der Waals surface area (Å²) in [5, 5.41) is 5.61. The van der Waals surface area contributed by atoms with Crippen LogP contribution in [0.2, 0.25) is 0 Å². The third-order valence-corrected chi connectivity index (χ3v) is 3.44. The number of nitrogens with one attached hydrogen (secondary N) is 2. The van der Waals surface area contributed by atoms with Crippen LogP contribution >= 0.6 is 0 Å². The molecule has 0 radical (unpaired) electrons. The van der Waals surface area contributed by atoms with Crippen LogP contribution in [-0.2, 0) is 6.42 Å². The predicted molar refractivity (Wildman–Crippen MR) is 85.3 cm³/mol. The zero-order chi connectivity index (χ0) is 15.4. The van der Waals surface area contributed by atoms with Gasteiger partial charge in [-0.15, -0.1) is 0 Å². The Hall–Kier alpha value is -2.56. The Kier molecular flexibility index (Phi) is 4.23. The van der Waals surface area contributed by atoms with E-state index >= 15 is 0 Å². The molecule has 3 rings (SSSR count). The van der Waals surface area contributed by atoms with Crippen LogP contribution in [0, 0.1) is 0 Å². The zero-order valence-electron chi connectivity index (χ0n) is 12.5. The molecule has 0 spiro atoms. The number of anilines is 1. The van der Waals surface area contributed by atoms with Gasteiger partial charge in [0.2, 0.25) is 5.88 Å². The van der Waals surface area contributed by atoms with E-state index in [4.69, 9.17) is 4.74 Å². The van der Waals surface area contributed by atoms with Crippen LogP contribution in [0.1, 0.15) is 25.3 Å². The zero-order valence-corrected chi connectivity index (χ0v) is 12.5. The normalized spacial score (nSPS) is 13.5. The molecule has 2 N–H and O–H groups in total. The van der Waals surface area contributed by atoms with E-state index in [2.05, 4.69) is 28.6 Å². The van der Waals surface area contributed by atoms with E-state index in [9.17, 15) is 4.79 Å². The minimum absolute atomic E-state index is 0.186. The highest BCUT2D eigenvalue weighted by atomic mass is 16.5. The van der Waals surface area contributed by atoms with Gasteiger partial charge >= 0.3 is 6.03 Å². The van der Waals surface area contributed by atoms with Crippen molar-refractivity contribution >= 4 is 11.7 Å². The fourth-order valence-electron chi connectivity index (χ4n) is 2.04. The highest BCUT2D eigenvalue weighted by Crippen LogP contribution is 2.22. The number of benzene rings is 1. The third kappa shape index (κ3) is 3.97. The van der Waals surface area contributed by atoms with Gasteiger partial charge in [0.25, 0.3) is 0 Å². The Bertz CT molecular complexity index is 651. The van der Waals surface area contributed by atoms with Crippen LogP contribution in [0.25, 0.3) is 0 Å². The van der Waals surface area contributed by atoms with E-state index in [-0.39, 0.29) is 6.03 Å². The maximum absolute atomic E-state index is 11.6. The maximum atomic E-state index is 11.6. The molecule has 5 heteroatoms. The van der Waals surface area contributed by atoms with Crippen molar-refractivity contribution in [3.8, 4) is 11.6 Å². The van der Waals surface area contributed by atoms with Gasteiger partial charge in [-0.25, -0.2) is 9.78 Å². The summed E-state index contributed by atoms with van der Waals surface area (Å²) in [5.74, 6) is 1.26. The molecule has 2 aromatic rings. The molecule has 1 aliphatic rings. The van der Waals surface area contributed by atoms with E-state index < -0.39 is 0 Å². The van der Waals surface area contributed by atoms with E-state index in [0.29, 0.717) is 17.6 Å². The second-order valence-corrected chi connectivity index (χ2v) is 5.36. The molecule has 0 aliphatic heterocycles. The summed E-state index contributed by atoms with van der Waals surface area (Å²) in [5.41, 5.74) is 1.86. The van der Waals surface area contributed by atoms with Crippen molar-refractivity contribution in [1.29, 1.82) is 0 Å². The number of nitrogens with zero attached hydrogens (tertiary/aromatic N) is 1. The summed E-state index contributed by atoms with van der Waals surface area (Å²) in [6.45, 7) is 2.10. The standard InChI is InChI=1S/C17H19N3O2/c1-2-12-4-3-5-15(10-12)22-16-9-8-14(11-18-16)20-17(21)19-13-6-7-13/h3-5,8-11,13H,2,6-7H2,1H3,(H2,19,20,21). The lowest BCUT2D eigenvalue weighted by molar-refractivity contribution is 0.251. The van der Waals surface area contributed by atoms with Crippen LogP contribution in [-0.4, -0.2) is 17.1 Å². The minimum atomic E-state index is -0.186. The summed E-state index contributed by atoms with van der Waals surface area (Å²) in [7, 11) is 0. The fraction of sp³-hybridized carbons (Fsp3) is 0.294. The molecule has 1 saturated carbocycles. The van der Waals surface area contributed by atoms with Crippen LogP contribution in [0.4, 0.5) is 10.5 Å². The largest absolute Gasteiger partial charge is 0.439 e. The molecule has 0 unspecified atom stereocenters. The Labute approximate surface area is 129 Å². The van der Waals surface area contributed by atoms with Gasteiger partial charge in [-0.3, -0.25) is 0 Å². The maximum Gasteiger partial charge on any atom is 0.319 e. The van der Waals surface area contributed by atoms with Crippen LogP contribution in [0.5, 0.6) is 11.6 Å². The van der Waals surface area contributed by atoms with E-state index in [0.717, 1.165) is 25.0 Å². The van der Waals surface area contributed by atoms with E-state index in [1.807, 2.05) is 18.2 Å². The number of ether oxygens (including phenoxy) is 1. The predicted octanol–water partition coefficient (Wildman–Crippen LogP) is 3.72. The van der Waals surface area contributed by atoms with Gasteiger partial charge in [0.1, 0.15) is 5.75 Å². The molecule has 114 valence electrons. The summed E-state index contributed by atoms with van der Waals surface area (Å²) in [6, 6.07) is 11.6. The molecular formula is C17H19N3O2. The van der Waals surface area contributed by atoms with Crippen molar-refractivity contribution in [2.45, 2.75) is 32.2 Å². The first-order valence-electron chi connectivity index (χ1n) is 7.53. The minimum Gasteiger partial charge on any atom is -0.439 e. The average Bonchev–Trinajstić information content (AvgIpc) is 3.33. The quantitative estimate of drug-likeness (QED) is 0.884. The van der Waals surface area contributed by atoms with Crippen molar-refractivity contribution in [3.63, 3.8) is 0 Å². The van der Waals surface area contributed by atoms with Crippen molar-refractivity contribution < 1.29 is 9.53 Å².